The first-order valence-electron chi connectivity index (χ1n) is 9.60. The lowest BCUT2D eigenvalue weighted by Crippen LogP contribution is -2.39. The van der Waals surface area contributed by atoms with Gasteiger partial charge in [-0.15, -0.1) is 0 Å². The van der Waals surface area contributed by atoms with Gasteiger partial charge in [-0.3, -0.25) is 9.36 Å². The highest BCUT2D eigenvalue weighted by Gasteiger charge is 2.33. The molecule has 5 nitrogen and oxygen atoms in total. The van der Waals surface area contributed by atoms with Gasteiger partial charge in [0.25, 0.3) is 5.56 Å². The quantitative estimate of drug-likeness (QED) is 0.487. The minimum atomic E-state index is -0.628. The summed E-state index contributed by atoms with van der Waals surface area (Å²) in [5.74, 6) is -0.475. The molecule has 0 saturated heterocycles. The summed E-state index contributed by atoms with van der Waals surface area (Å²) in [5, 5.41) is 0.557. The Morgan fingerprint density at radius 1 is 1.26 bits per heavy atom. The minimum absolute atomic E-state index is 0.231. The van der Waals surface area contributed by atoms with Crippen molar-refractivity contribution in [3.05, 3.63) is 100 Å². The molecule has 3 aromatic rings. The maximum Gasteiger partial charge on any atom is 0.338 e. The van der Waals surface area contributed by atoms with Crippen LogP contribution in [-0.2, 0) is 9.53 Å². The van der Waals surface area contributed by atoms with Gasteiger partial charge < -0.3 is 4.74 Å². The average Bonchev–Trinajstić information content (AvgIpc) is 3.04. The molecule has 0 radical (unpaired) electrons. The molecule has 2 heterocycles. The van der Waals surface area contributed by atoms with Crippen LogP contribution in [0.25, 0.3) is 6.08 Å². The average molecular weight is 518 g/mol. The molecule has 158 valence electrons. The lowest BCUT2D eigenvalue weighted by atomic mass is 9.96. The van der Waals surface area contributed by atoms with E-state index in [2.05, 4.69) is 20.9 Å². The van der Waals surface area contributed by atoms with Gasteiger partial charge in [-0.2, -0.15) is 0 Å². The molecule has 0 fully saturated rings. The Bertz CT molecular complexity index is 1370. The number of nitrogens with zero attached hydrogens (tertiary/aromatic N) is 2. The van der Waals surface area contributed by atoms with Crippen molar-refractivity contribution < 1.29 is 9.53 Å². The minimum Gasteiger partial charge on any atom is -0.463 e. The lowest BCUT2D eigenvalue weighted by molar-refractivity contribution is -0.139. The van der Waals surface area contributed by atoms with Gasteiger partial charge in [0, 0.05) is 9.50 Å². The number of thiazole rings is 1. The molecule has 0 N–H and O–H groups in total. The van der Waals surface area contributed by atoms with E-state index in [1.807, 2.05) is 42.5 Å². The highest BCUT2D eigenvalue weighted by atomic mass is 79.9. The van der Waals surface area contributed by atoms with Gasteiger partial charge in [0.1, 0.15) is 0 Å². The van der Waals surface area contributed by atoms with Crippen molar-refractivity contribution in [1.29, 1.82) is 0 Å². The predicted molar refractivity (Wildman–Crippen MR) is 126 cm³/mol. The molecule has 0 bridgehead atoms. The molecule has 1 aliphatic heterocycles. The number of rotatable bonds is 4. The molecule has 0 saturated carbocycles. The molecule has 8 heteroatoms. The second-order valence-electron chi connectivity index (χ2n) is 6.88. The summed E-state index contributed by atoms with van der Waals surface area (Å²) in [6.07, 6.45) is 1.76. The Balaban J connectivity index is 1.97. The summed E-state index contributed by atoms with van der Waals surface area (Å²) < 4.78 is 8.26. The Morgan fingerprint density at radius 3 is 2.65 bits per heavy atom. The summed E-state index contributed by atoms with van der Waals surface area (Å²) >= 11 is 11.0. The fraction of sp³-hybridized carbons (Fsp3) is 0.174. The summed E-state index contributed by atoms with van der Waals surface area (Å²) in [6, 6.07) is 14.2. The fourth-order valence-corrected chi connectivity index (χ4v) is 4.98. The zero-order valence-electron chi connectivity index (χ0n) is 16.8. The number of hydrogen-bond donors (Lipinski definition) is 0. The van der Waals surface area contributed by atoms with Crippen LogP contribution in [0.2, 0.25) is 5.02 Å². The molecular weight excluding hydrogens is 500 g/mol. The van der Waals surface area contributed by atoms with Gasteiger partial charge in [-0.05, 0) is 49.2 Å². The van der Waals surface area contributed by atoms with Crippen LogP contribution in [0.5, 0.6) is 0 Å². The molecule has 31 heavy (non-hydrogen) atoms. The van der Waals surface area contributed by atoms with E-state index in [0.29, 0.717) is 25.6 Å². The number of carbonyl (C=O) groups is 1. The van der Waals surface area contributed by atoms with Gasteiger partial charge in [0.2, 0.25) is 0 Å². The second-order valence-corrected chi connectivity index (χ2v) is 9.21. The Labute approximate surface area is 196 Å². The van der Waals surface area contributed by atoms with Gasteiger partial charge in [0.05, 0.1) is 28.5 Å². The van der Waals surface area contributed by atoms with Crippen molar-refractivity contribution in [3.63, 3.8) is 0 Å². The fourth-order valence-electron chi connectivity index (χ4n) is 3.49. The van der Waals surface area contributed by atoms with Crippen molar-refractivity contribution in [2.45, 2.75) is 19.9 Å². The standard InChI is InChI=1S/C23H18BrClN2O3S/c1-3-30-22(29)19-13(2)26-23-27(20(19)14-8-10-16(24)11-9-14)21(28)18(31-23)12-15-6-4-5-7-17(15)25/h4-12,20H,3H2,1-2H3/b18-12+/t20-/m1/s1. The number of ether oxygens (including phenoxy) is 1. The first-order chi connectivity index (χ1) is 14.9. The maximum atomic E-state index is 13.5. The predicted octanol–water partition coefficient (Wildman–Crippen LogP) is 4.21. The van der Waals surface area contributed by atoms with Crippen molar-refractivity contribution in [2.24, 2.45) is 4.99 Å². The molecule has 0 aliphatic carbocycles. The van der Waals surface area contributed by atoms with E-state index >= 15 is 0 Å². The van der Waals surface area contributed by atoms with Gasteiger partial charge in [-0.25, -0.2) is 9.79 Å². The van der Waals surface area contributed by atoms with Gasteiger partial charge in [-0.1, -0.05) is 69.2 Å². The van der Waals surface area contributed by atoms with E-state index in [1.54, 1.807) is 30.6 Å². The smallest absolute Gasteiger partial charge is 0.338 e. The third-order valence-corrected chi connectivity index (χ3v) is 6.75. The monoisotopic (exact) mass is 516 g/mol. The Morgan fingerprint density at radius 2 is 1.97 bits per heavy atom. The highest BCUT2D eigenvalue weighted by Crippen LogP contribution is 2.31. The van der Waals surface area contributed by atoms with Crippen LogP contribution in [0, 0.1) is 0 Å². The molecule has 1 aliphatic rings. The number of fused-ring (bicyclic) bond motifs is 1. The van der Waals surface area contributed by atoms with E-state index in [1.165, 1.54) is 11.3 Å². The van der Waals surface area contributed by atoms with Crippen LogP contribution in [0.1, 0.15) is 31.0 Å². The Hall–Kier alpha value is -2.48. The zero-order chi connectivity index (χ0) is 22.1. The summed E-state index contributed by atoms with van der Waals surface area (Å²) in [4.78, 5) is 31.4. The second kappa shape index (κ2) is 8.94. The van der Waals surface area contributed by atoms with Crippen LogP contribution < -0.4 is 14.9 Å². The summed E-state index contributed by atoms with van der Waals surface area (Å²) in [6.45, 7) is 3.75. The number of carbonyl (C=O) groups excluding carboxylic acids is 1. The maximum absolute atomic E-state index is 13.5. The molecule has 0 amide bonds. The number of allylic oxidation sites excluding steroid dienone is 1. The van der Waals surface area contributed by atoms with Crippen LogP contribution in [-0.4, -0.2) is 17.1 Å². The molecule has 1 aromatic heterocycles. The first-order valence-corrected chi connectivity index (χ1v) is 11.6. The molecular formula is C23H18BrClN2O3S. The number of benzene rings is 2. The SMILES string of the molecule is CCOC(=O)C1=C(C)N=c2s/c(=C/c3ccccc3Cl)c(=O)n2[C@@H]1c1ccc(Br)cc1. The zero-order valence-corrected chi connectivity index (χ0v) is 19.9. The van der Waals surface area contributed by atoms with E-state index < -0.39 is 12.0 Å². The third kappa shape index (κ3) is 4.18. The number of halogens is 2. The van der Waals surface area contributed by atoms with Crippen molar-refractivity contribution >= 4 is 50.9 Å². The molecule has 1 atom stereocenters. The van der Waals surface area contributed by atoms with Crippen LogP contribution in [0.3, 0.4) is 0 Å². The molecule has 0 spiro atoms. The van der Waals surface area contributed by atoms with E-state index in [9.17, 15) is 9.59 Å². The van der Waals surface area contributed by atoms with Crippen LogP contribution >= 0.6 is 38.9 Å². The highest BCUT2D eigenvalue weighted by molar-refractivity contribution is 9.10. The normalized spacial score (nSPS) is 16.1. The van der Waals surface area contributed by atoms with Crippen molar-refractivity contribution in [2.75, 3.05) is 6.61 Å². The van der Waals surface area contributed by atoms with Crippen molar-refractivity contribution in [3.8, 4) is 0 Å². The van der Waals surface area contributed by atoms with Gasteiger partial charge in [0.15, 0.2) is 4.80 Å². The number of hydrogen-bond acceptors (Lipinski definition) is 5. The molecule has 2 aromatic carbocycles. The van der Waals surface area contributed by atoms with Crippen LogP contribution in [0.15, 0.2) is 74.1 Å². The van der Waals surface area contributed by atoms with Crippen molar-refractivity contribution in [1.82, 2.24) is 4.57 Å². The number of aromatic nitrogens is 1. The molecule has 4 rings (SSSR count). The Kier molecular flexibility index (Phi) is 6.27. The lowest BCUT2D eigenvalue weighted by Gasteiger charge is -2.24. The van der Waals surface area contributed by atoms with E-state index in [4.69, 9.17) is 16.3 Å². The number of esters is 1. The van der Waals surface area contributed by atoms with E-state index in [0.717, 1.165) is 15.6 Å². The third-order valence-electron chi connectivity index (χ3n) is 4.89. The van der Waals surface area contributed by atoms with E-state index in [-0.39, 0.29) is 12.2 Å². The summed E-state index contributed by atoms with van der Waals surface area (Å²) in [7, 11) is 0. The topological polar surface area (TPSA) is 60.7 Å². The molecule has 0 unspecified atom stereocenters. The van der Waals surface area contributed by atoms with Gasteiger partial charge >= 0.3 is 5.97 Å². The largest absolute Gasteiger partial charge is 0.463 e. The van der Waals surface area contributed by atoms with Crippen LogP contribution in [0.4, 0.5) is 0 Å². The summed E-state index contributed by atoms with van der Waals surface area (Å²) in [5.41, 5.74) is 2.21. The first kappa shape index (κ1) is 21.7.